The maximum absolute atomic E-state index is 12.5. The number of carbonyl (C=O) groups excluding carboxylic acids is 1. The normalized spacial score (nSPS) is 18.9. The van der Waals surface area contributed by atoms with Crippen LogP contribution >= 0.6 is 0 Å². The Kier molecular flexibility index (Phi) is 3.97. The SMILES string of the molecule is CC1(C)CCN(C(=O)c2cccc(C(N)=NO)c2)CC1. The van der Waals surface area contributed by atoms with Gasteiger partial charge in [0.05, 0.1) is 0 Å². The number of likely N-dealkylation sites (tertiary alicyclic amines) is 1. The first-order valence-electron chi connectivity index (χ1n) is 6.80. The van der Waals surface area contributed by atoms with Crippen LogP contribution < -0.4 is 5.73 Å². The minimum absolute atomic E-state index is 0.00749. The van der Waals surface area contributed by atoms with Crippen LogP contribution in [0, 0.1) is 5.41 Å². The first-order valence-corrected chi connectivity index (χ1v) is 6.80. The van der Waals surface area contributed by atoms with Crippen molar-refractivity contribution < 1.29 is 10.0 Å². The van der Waals surface area contributed by atoms with Gasteiger partial charge in [0.2, 0.25) is 0 Å². The zero-order valence-corrected chi connectivity index (χ0v) is 12.0. The highest BCUT2D eigenvalue weighted by Crippen LogP contribution is 2.30. The number of piperidine rings is 1. The van der Waals surface area contributed by atoms with Gasteiger partial charge < -0.3 is 15.8 Å². The van der Waals surface area contributed by atoms with Gasteiger partial charge in [-0.25, -0.2) is 0 Å². The summed E-state index contributed by atoms with van der Waals surface area (Å²) in [6.07, 6.45) is 2.03. The van der Waals surface area contributed by atoms with E-state index < -0.39 is 0 Å². The van der Waals surface area contributed by atoms with E-state index in [4.69, 9.17) is 10.9 Å². The van der Waals surface area contributed by atoms with E-state index in [2.05, 4.69) is 19.0 Å². The highest BCUT2D eigenvalue weighted by molar-refractivity contribution is 6.01. The van der Waals surface area contributed by atoms with Gasteiger partial charge >= 0.3 is 0 Å². The van der Waals surface area contributed by atoms with Crippen molar-refractivity contribution in [2.75, 3.05) is 13.1 Å². The number of oxime groups is 1. The average molecular weight is 275 g/mol. The number of hydrogen-bond donors (Lipinski definition) is 2. The van der Waals surface area contributed by atoms with E-state index in [0.29, 0.717) is 16.5 Å². The minimum Gasteiger partial charge on any atom is -0.409 e. The molecule has 5 heteroatoms. The molecule has 0 radical (unpaired) electrons. The van der Waals surface area contributed by atoms with Gasteiger partial charge in [-0.3, -0.25) is 4.79 Å². The van der Waals surface area contributed by atoms with Crippen LogP contribution in [-0.2, 0) is 0 Å². The number of carbonyl (C=O) groups is 1. The molecule has 0 aromatic heterocycles. The molecule has 0 spiro atoms. The lowest BCUT2D eigenvalue weighted by molar-refractivity contribution is 0.0630. The number of hydrogen-bond acceptors (Lipinski definition) is 3. The molecule has 1 aromatic carbocycles. The van der Waals surface area contributed by atoms with Crippen LogP contribution in [-0.4, -0.2) is 34.9 Å². The van der Waals surface area contributed by atoms with Gasteiger partial charge in [-0.1, -0.05) is 31.1 Å². The summed E-state index contributed by atoms with van der Waals surface area (Å²) in [6, 6.07) is 6.88. The van der Waals surface area contributed by atoms with Gasteiger partial charge in [-0.2, -0.15) is 0 Å². The van der Waals surface area contributed by atoms with Gasteiger partial charge in [0.15, 0.2) is 5.84 Å². The highest BCUT2D eigenvalue weighted by Gasteiger charge is 2.28. The molecule has 0 unspecified atom stereocenters. The molecule has 1 saturated heterocycles. The summed E-state index contributed by atoms with van der Waals surface area (Å²) in [5, 5.41) is 11.7. The van der Waals surface area contributed by atoms with Gasteiger partial charge in [-0.15, -0.1) is 0 Å². The van der Waals surface area contributed by atoms with Crippen molar-refractivity contribution in [1.29, 1.82) is 0 Å². The van der Waals surface area contributed by atoms with Gasteiger partial charge in [-0.05, 0) is 30.4 Å². The molecule has 1 aliphatic rings. The van der Waals surface area contributed by atoms with Crippen LogP contribution in [0.3, 0.4) is 0 Å². The Balaban J connectivity index is 2.14. The van der Waals surface area contributed by atoms with Crippen molar-refractivity contribution in [2.45, 2.75) is 26.7 Å². The van der Waals surface area contributed by atoms with Crippen LogP contribution in [0.4, 0.5) is 0 Å². The second-order valence-corrected chi connectivity index (χ2v) is 6.02. The lowest BCUT2D eigenvalue weighted by Crippen LogP contribution is -2.41. The summed E-state index contributed by atoms with van der Waals surface area (Å²) in [5.41, 5.74) is 6.99. The largest absolute Gasteiger partial charge is 0.409 e. The summed E-state index contributed by atoms with van der Waals surface area (Å²) in [4.78, 5) is 14.3. The molecule has 3 N–H and O–H groups in total. The Labute approximate surface area is 119 Å². The van der Waals surface area contributed by atoms with Gasteiger partial charge in [0.25, 0.3) is 5.91 Å². The predicted molar refractivity (Wildman–Crippen MR) is 77.9 cm³/mol. The number of amides is 1. The summed E-state index contributed by atoms with van der Waals surface area (Å²) >= 11 is 0. The van der Waals surface area contributed by atoms with E-state index in [1.54, 1.807) is 24.3 Å². The fourth-order valence-electron chi connectivity index (χ4n) is 2.37. The molecule has 0 atom stereocenters. The van der Waals surface area contributed by atoms with E-state index in [9.17, 15) is 4.79 Å². The quantitative estimate of drug-likeness (QED) is 0.375. The molecule has 1 amide bonds. The Morgan fingerprint density at radius 2 is 1.90 bits per heavy atom. The van der Waals surface area contributed by atoms with Crippen molar-refractivity contribution in [3.8, 4) is 0 Å². The van der Waals surface area contributed by atoms with Crippen molar-refractivity contribution >= 4 is 11.7 Å². The molecular formula is C15H21N3O2. The monoisotopic (exact) mass is 275 g/mol. The lowest BCUT2D eigenvalue weighted by Gasteiger charge is -2.37. The van der Waals surface area contributed by atoms with E-state index in [1.165, 1.54) is 0 Å². The molecule has 0 saturated carbocycles. The van der Waals surface area contributed by atoms with Gasteiger partial charge in [0, 0.05) is 24.2 Å². The summed E-state index contributed by atoms with van der Waals surface area (Å²) in [5.74, 6) is 0.0208. The molecule has 108 valence electrons. The first-order chi connectivity index (χ1) is 9.43. The fraction of sp³-hybridized carbons (Fsp3) is 0.467. The predicted octanol–water partition coefficient (Wildman–Crippen LogP) is 2.04. The summed E-state index contributed by atoms with van der Waals surface area (Å²) in [6.45, 7) is 6.01. The molecule has 1 aromatic rings. The maximum Gasteiger partial charge on any atom is 0.253 e. The summed E-state index contributed by atoms with van der Waals surface area (Å²) < 4.78 is 0. The number of nitrogens with two attached hydrogens (primary N) is 1. The van der Waals surface area contributed by atoms with Crippen LogP contribution in [0.2, 0.25) is 0 Å². The zero-order chi connectivity index (χ0) is 14.8. The minimum atomic E-state index is 0.00749. The van der Waals surface area contributed by atoms with E-state index in [0.717, 1.165) is 25.9 Å². The first kappa shape index (κ1) is 14.4. The Hall–Kier alpha value is -2.04. The molecule has 1 aliphatic heterocycles. The van der Waals surface area contributed by atoms with Crippen molar-refractivity contribution in [3.63, 3.8) is 0 Å². The molecule has 20 heavy (non-hydrogen) atoms. The number of nitrogens with zero attached hydrogens (tertiary/aromatic N) is 2. The topological polar surface area (TPSA) is 78.9 Å². The van der Waals surface area contributed by atoms with Crippen molar-refractivity contribution in [1.82, 2.24) is 4.90 Å². The molecule has 5 nitrogen and oxygen atoms in total. The average Bonchev–Trinajstić information content (AvgIpc) is 2.46. The molecular weight excluding hydrogens is 254 g/mol. The van der Waals surface area contributed by atoms with Crippen LogP contribution in [0.1, 0.15) is 42.6 Å². The van der Waals surface area contributed by atoms with E-state index in [1.807, 2.05) is 4.90 Å². The molecule has 1 fully saturated rings. The van der Waals surface area contributed by atoms with Crippen molar-refractivity contribution in [2.24, 2.45) is 16.3 Å². The second kappa shape index (κ2) is 5.53. The maximum atomic E-state index is 12.5. The molecule has 2 rings (SSSR count). The zero-order valence-electron chi connectivity index (χ0n) is 12.0. The van der Waals surface area contributed by atoms with Gasteiger partial charge in [0.1, 0.15) is 0 Å². The Morgan fingerprint density at radius 3 is 2.50 bits per heavy atom. The number of benzene rings is 1. The smallest absolute Gasteiger partial charge is 0.253 e. The third kappa shape index (κ3) is 3.10. The van der Waals surface area contributed by atoms with Crippen LogP contribution in [0.25, 0.3) is 0 Å². The van der Waals surface area contributed by atoms with E-state index >= 15 is 0 Å². The van der Waals surface area contributed by atoms with Crippen LogP contribution in [0.5, 0.6) is 0 Å². The highest BCUT2D eigenvalue weighted by atomic mass is 16.4. The third-order valence-corrected chi connectivity index (χ3v) is 3.92. The second-order valence-electron chi connectivity index (χ2n) is 6.02. The lowest BCUT2D eigenvalue weighted by atomic mass is 9.82. The Bertz CT molecular complexity index is 528. The summed E-state index contributed by atoms with van der Waals surface area (Å²) in [7, 11) is 0. The van der Waals surface area contributed by atoms with Crippen LogP contribution in [0.15, 0.2) is 29.4 Å². The van der Waals surface area contributed by atoms with Crippen molar-refractivity contribution in [3.05, 3.63) is 35.4 Å². The fourth-order valence-corrected chi connectivity index (χ4v) is 2.37. The molecule has 0 aliphatic carbocycles. The molecule has 0 bridgehead atoms. The standard InChI is InChI=1S/C15H21N3O2/c1-15(2)6-8-18(9-7-15)14(19)12-5-3-4-11(10-12)13(16)17-20/h3-5,10,20H,6-9H2,1-2H3,(H2,16,17). The van der Waals surface area contributed by atoms with E-state index in [-0.39, 0.29) is 11.7 Å². The Morgan fingerprint density at radius 1 is 1.30 bits per heavy atom. The number of rotatable bonds is 2. The molecule has 1 heterocycles. The number of amidine groups is 1. The third-order valence-electron chi connectivity index (χ3n) is 3.92.